The Kier molecular flexibility index (Phi) is 5.07. The SMILES string of the molecule is CCOc1cccnc1S(=O)(=O)NC1CCSc2c(F)cccc21. The van der Waals surface area contributed by atoms with Crippen LogP contribution in [0.25, 0.3) is 0 Å². The topological polar surface area (TPSA) is 68.3 Å². The van der Waals surface area contributed by atoms with E-state index in [9.17, 15) is 12.8 Å². The lowest BCUT2D eigenvalue weighted by Gasteiger charge is -2.26. The molecule has 1 unspecified atom stereocenters. The average Bonchev–Trinajstić information content (AvgIpc) is 2.56. The fraction of sp³-hybridized carbons (Fsp3) is 0.312. The molecule has 5 nitrogen and oxygen atoms in total. The lowest BCUT2D eigenvalue weighted by atomic mass is 10.0. The zero-order valence-electron chi connectivity index (χ0n) is 13.0. The minimum absolute atomic E-state index is 0.150. The fourth-order valence-electron chi connectivity index (χ4n) is 2.60. The summed E-state index contributed by atoms with van der Waals surface area (Å²) in [5.74, 6) is 0.521. The molecule has 1 aromatic heterocycles. The molecule has 0 bridgehead atoms. The number of halogens is 1. The van der Waals surface area contributed by atoms with Crippen molar-refractivity contribution >= 4 is 21.8 Å². The van der Waals surface area contributed by atoms with Gasteiger partial charge in [0, 0.05) is 17.1 Å². The molecule has 0 spiro atoms. The molecule has 2 heterocycles. The second-order valence-electron chi connectivity index (χ2n) is 5.21. The first-order valence-electron chi connectivity index (χ1n) is 7.54. The van der Waals surface area contributed by atoms with Gasteiger partial charge in [-0.05, 0) is 42.9 Å². The second kappa shape index (κ2) is 7.08. The molecule has 1 aliphatic heterocycles. The van der Waals surface area contributed by atoms with E-state index in [4.69, 9.17) is 4.74 Å². The first-order chi connectivity index (χ1) is 11.5. The summed E-state index contributed by atoms with van der Waals surface area (Å²) < 4.78 is 47.4. The largest absolute Gasteiger partial charge is 0.491 e. The third-order valence-corrected chi connectivity index (χ3v) is 6.18. The summed E-state index contributed by atoms with van der Waals surface area (Å²) in [7, 11) is -3.89. The Balaban J connectivity index is 1.94. The molecule has 1 N–H and O–H groups in total. The molecule has 0 radical (unpaired) electrons. The van der Waals surface area contributed by atoms with Crippen molar-refractivity contribution in [3.8, 4) is 5.75 Å². The van der Waals surface area contributed by atoms with Crippen LogP contribution in [0.3, 0.4) is 0 Å². The predicted octanol–water partition coefficient (Wildman–Crippen LogP) is 3.13. The number of benzene rings is 1. The van der Waals surface area contributed by atoms with Gasteiger partial charge in [0.15, 0.2) is 5.75 Å². The van der Waals surface area contributed by atoms with Crippen LogP contribution in [-0.4, -0.2) is 25.8 Å². The number of sulfonamides is 1. The number of ether oxygens (including phenoxy) is 1. The van der Waals surface area contributed by atoms with Crippen LogP contribution in [0.2, 0.25) is 0 Å². The molecule has 128 valence electrons. The van der Waals surface area contributed by atoms with Crippen LogP contribution in [0.4, 0.5) is 4.39 Å². The average molecular weight is 368 g/mol. The van der Waals surface area contributed by atoms with Crippen molar-refractivity contribution in [2.75, 3.05) is 12.4 Å². The normalized spacial score (nSPS) is 17.3. The Morgan fingerprint density at radius 1 is 1.38 bits per heavy atom. The monoisotopic (exact) mass is 368 g/mol. The highest BCUT2D eigenvalue weighted by atomic mass is 32.2. The summed E-state index contributed by atoms with van der Waals surface area (Å²) in [6.07, 6.45) is 1.98. The number of aromatic nitrogens is 1. The minimum atomic E-state index is -3.89. The lowest BCUT2D eigenvalue weighted by molar-refractivity contribution is 0.327. The molecule has 3 rings (SSSR count). The van der Waals surface area contributed by atoms with E-state index < -0.39 is 16.1 Å². The standard InChI is InChI=1S/C16H17FN2O3S2/c1-2-22-14-7-4-9-18-16(14)24(20,21)19-13-8-10-23-15-11(13)5-3-6-12(15)17/h3-7,9,13,19H,2,8,10H2,1H3. The zero-order valence-corrected chi connectivity index (χ0v) is 14.7. The maximum Gasteiger partial charge on any atom is 0.262 e. The summed E-state index contributed by atoms with van der Waals surface area (Å²) in [6.45, 7) is 2.11. The maximum absolute atomic E-state index is 13.9. The molecule has 0 amide bonds. The molecular weight excluding hydrogens is 351 g/mol. The van der Waals surface area contributed by atoms with Crippen LogP contribution >= 0.6 is 11.8 Å². The van der Waals surface area contributed by atoms with E-state index >= 15 is 0 Å². The summed E-state index contributed by atoms with van der Waals surface area (Å²) in [5, 5.41) is -0.150. The third-order valence-electron chi connectivity index (χ3n) is 3.61. The molecule has 2 aromatic rings. The molecule has 1 aromatic carbocycles. The molecule has 8 heteroatoms. The Morgan fingerprint density at radius 2 is 2.21 bits per heavy atom. The molecule has 0 fully saturated rings. The number of rotatable bonds is 5. The van der Waals surface area contributed by atoms with Gasteiger partial charge < -0.3 is 4.74 Å². The number of nitrogens with zero attached hydrogens (tertiary/aromatic N) is 1. The molecule has 0 saturated carbocycles. The quantitative estimate of drug-likeness (QED) is 0.878. The van der Waals surface area contributed by atoms with E-state index in [1.165, 1.54) is 24.0 Å². The summed E-state index contributed by atoms with van der Waals surface area (Å²) in [5.41, 5.74) is 0.656. The van der Waals surface area contributed by atoms with Crippen molar-refractivity contribution in [2.45, 2.75) is 29.3 Å². The molecule has 24 heavy (non-hydrogen) atoms. The summed E-state index contributed by atoms with van der Waals surface area (Å²) >= 11 is 1.40. The van der Waals surface area contributed by atoms with E-state index in [1.807, 2.05) is 0 Å². The Morgan fingerprint density at radius 3 is 3.00 bits per heavy atom. The lowest BCUT2D eigenvalue weighted by Crippen LogP contribution is -2.31. The van der Waals surface area contributed by atoms with Gasteiger partial charge in [-0.15, -0.1) is 11.8 Å². The van der Waals surface area contributed by atoms with Crippen molar-refractivity contribution in [2.24, 2.45) is 0 Å². The highest BCUT2D eigenvalue weighted by molar-refractivity contribution is 7.99. The zero-order chi connectivity index (χ0) is 17.2. The molecule has 1 aliphatic rings. The van der Waals surface area contributed by atoms with Crippen LogP contribution in [0.15, 0.2) is 46.5 Å². The van der Waals surface area contributed by atoms with Crippen LogP contribution < -0.4 is 9.46 Å². The highest BCUT2D eigenvalue weighted by Gasteiger charge is 2.30. The van der Waals surface area contributed by atoms with Crippen LogP contribution in [0, 0.1) is 5.82 Å². The number of hydrogen-bond acceptors (Lipinski definition) is 5. The maximum atomic E-state index is 13.9. The number of nitrogens with one attached hydrogen (secondary N) is 1. The smallest absolute Gasteiger partial charge is 0.262 e. The highest BCUT2D eigenvalue weighted by Crippen LogP contribution is 2.38. The second-order valence-corrected chi connectivity index (χ2v) is 7.94. The number of pyridine rings is 1. The van der Waals surface area contributed by atoms with Crippen molar-refractivity contribution in [1.29, 1.82) is 0 Å². The van der Waals surface area contributed by atoms with E-state index in [2.05, 4.69) is 9.71 Å². The predicted molar refractivity (Wildman–Crippen MR) is 90.2 cm³/mol. The van der Waals surface area contributed by atoms with Gasteiger partial charge >= 0.3 is 0 Å². The minimum Gasteiger partial charge on any atom is -0.491 e. The van der Waals surface area contributed by atoms with Crippen molar-refractivity contribution in [1.82, 2.24) is 9.71 Å². The number of fused-ring (bicyclic) bond motifs is 1. The fourth-order valence-corrected chi connectivity index (χ4v) is 5.06. The van der Waals surface area contributed by atoms with Gasteiger partial charge in [-0.2, -0.15) is 0 Å². The van der Waals surface area contributed by atoms with Crippen LogP contribution in [-0.2, 0) is 10.0 Å². The molecule has 0 saturated heterocycles. The van der Waals surface area contributed by atoms with Crippen LogP contribution in [0.5, 0.6) is 5.75 Å². The van der Waals surface area contributed by atoms with Crippen LogP contribution in [0.1, 0.15) is 24.9 Å². The molecule has 0 aliphatic carbocycles. The Hall–Kier alpha value is -1.64. The van der Waals surface area contributed by atoms with E-state index in [0.29, 0.717) is 29.2 Å². The van der Waals surface area contributed by atoms with Crippen molar-refractivity contribution in [3.05, 3.63) is 47.9 Å². The van der Waals surface area contributed by atoms with Gasteiger partial charge in [0.05, 0.1) is 6.61 Å². The Bertz CT molecular complexity index is 843. The van der Waals surface area contributed by atoms with Gasteiger partial charge in [-0.3, -0.25) is 0 Å². The van der Waals surface area contributed by atoms with E-state index in [-0.39, 0.29) is 16.6 Å². The van der Waals surface area contributed by atoms with Crippen molar-refractivity contribution < 1.29 is 17.5 Å². The number of thioether (sulfide) groups is 1. The Labute approximate surface area is 144 Å². The van der Waals surface area contributed by atoms with Gasteiger partial charge in [0.25, 0.3) is 10.0 Å². The molecular formula is C16H17FN2O3S2. The van der Waals surface area contributed by atoms with E-state index in [0.717, 1.165) is 0 Å². The van der Waals surface area contributed by atoms with E-state index in [1.54, 1.807) is 31.2 Å². The van der Waals surface area contributed by atoms with Crippen molar-refractivity contribution in [3.63, 3.8) is 0 Å². The molecule has 1 atom stereocenters. The summed E-state index contributed by atoms with van der Waals surface area (Å²) in [4.78, 5) is 4.46. The number of hydrogen-bond donors (Lipinski definition) is 1. The van der Waals surface area contributed by atoms with Gasteiger partial charge in [0.1, 0.15) is 5.82 Å². The van der Waals surface area contributed by atoms with Gasteiger partial charge in [-0.1, -0.05) is 12.1 Å². The van der Waals surface area contributed by atoms with Gasteiger partial charge in [0.2, 0.25) is 5.03 Å². The summed E-state index contributed by atoms with van der Waals surface area (Å²) in [6, 6.07) is 7.42. The first-order valence-corrected chi connectivity index (χ1v) is 10.0. The first kappa shape index (κ1) is 17.2. The van der Waals surface area contributed by atoms with Gasteiger partial charge in [-0.25, -0.2) is 22.5 Å². The third kappa shape index (κ3) is 3.40.